The summed E-state index contributed by atoms with van der Waals surface area (Å²) in [5.74, 6) is -0.0453. The first-order valence-electron chi connectivity index (χ1n) is 8.89. The molecular formula is C20H21N3O4S2. The lowest BCUT2D eigenvalue weighted by atomic mass is 10.1. The van der Waals surface area contributed by atoms with Crippen LogP contribution in [0.1, 0.15) is 18.1 Å². The average molecular weight is 432 g/mol. The monoisotopic (exact) mass is 431 g/mol. The number of sulfonamides is 1. The first-order valence-corrected chi connectivity index (χ1v) is 12.0. The van der Waals surface area contributed by atoms with E-state index in [1.54, 1.807) is 56.3 Å². The number of nitrogens with one attached hydrogen (secondary N) is 1. The lowest BCUT2D eigenvalue weighted by molar-refractivity contribution is 0.591. The number of aryl methyl sites for hydroxylation is 2. The van der Waals surface area contributed by atoms with Crippen molar-refractivity contribution in [3.05, 3.63) is 65.7 Å². The van der Waals surface area contributed by atoms with E-state index in [1.165, 1.54) is 6.07 Å². The molecule has 2 aromatic carbocycles. The van der Waals surface area contributed by atoms with Crippen LogP contribution in [-0.4, -0.2) is 32.8 Å². The van der Waals surface area contributed by atoms with Gasteiger partial charge in [-0.15, -0.1) is 10.2 Å². The first-order chi connectivity index (χ1) is 13.6. The lowest BCUT2D eigenvalue weighted by Crippen LogP contribution is -2.14. The van der Waals surface area contributed by atoms with Gasteiger partial charge >= 0.3 is 0 Å². The zero-order valence-corrected chi connectivity index (χ0v) is 17.9. The van der Waals surface area contributed by atoms with Crippen molar-refractivity contribution in [3.63, 3.8) is 0 Å². The predicted octanol–water partition coefficient (Wildman–Crippen LogP) is 3.35. The second-order valence-corrected chi connectivity index (χ2v) is 10.5. The summed E-state index contributed by atoms with van der Waals surface area (Å²) in [4.78, 5) is 0.228. The molecule has 0 saturated heterocycles. The molecule has 0 aliphatic carbocycles. The van der Waals surface area contributed by atoms with Crippen molar-refractivity contribution in [2.75, 3.05) is 10.5 Å². The Morgan fingerprint density at radius 1 is 0.862 bits per heavy atom. The molecule has 7 nitrogen and oxygen atoms in total. The highest BCUT2D eigenvalue weighted by Gasteiger charge is 2.17. The van der Waals surface area contributed by atoms with Crippen molar-refractivity contribution >= 4 is 25.5 Å². The van der Waals surface area contributed by atoms with Crippen LogP contribution in [0, 0.1) is 13.8 Å². The summed E-state index contributed by atoms with van der Waals surface area (Å²) < 4.78 is 51.5. The molecule has 0 aliphatic heterocycles. The number of anilines is 1. The number of nitrogens with zero attached hydrogens (tertiary/aromatic N) is 2. The van der Waals surface area contributed by atoms with E-state index in [0.717, 1.165) is 5.56 Å². The molecule has 0 unspecified atom stereocenters. The van der Waals surface area contributed by atoms with Crippen molar-refractivity contribution in [2.45, 2.75) is 30.7 Å². The molecule has 29 heavy (non-hydrogen) atoms. The quantitative estimate of drug-likeness (QED) is 0.641. The molecule has 0 saturated carbocycles. The highest BCUT2D eigenvalue weighted by Crippen LogP contribution is 2.23. The first kappa shape index (κ1) is 20.9. The molecule has 9 heteroatoms. The van der Waals surface area contributed by atoms with Crippen LogP contribution in [-0.2, 0) is 19.9 Å². The zero-order valence-electron chi connectivity index (χ0n) is 16.2. The van der Waals surface area contributed by atoms with E-state index < -0.39 is 19.9 Å². The topological polar surface area (TPSA) is 106 Å². The highest BCUT2D eigenvalue weighted by molar-refractivity contribution is 7.92. The lowest BCUT2D eigenvalue weighted by Gasteiger charge is -2.11. The minimum atomic E-state index is -3.71. The Labute approximate surface area is 170 Å². The molecule has 152 valence electrons. The van der Waals surface area contributed by atoms with Crippen LogP contribution in [0.15, 0.2) is 64.5 Å². The number of hydrogen-bond donors (Lipinski definition) is 1. The van der Waals surface area contributed by atoms with Crippen LogP contribution < -0.4 is 4.72 Å². The van der Waals surface area contributed by atoms with E-state index in [4.69, 9.17) is 0 Å². The van der Waals surface area contributed by atoms with Crippen molar-refractivity contribution in [1.82, 2.24) is 10.2 Å². The third-order valence-electron chi connectivity index (χ3n) is 4.39. The summed E-state index contributed by atoms with van der Waals surface area (Å²) in [5, 5.41) is 7.69. The fourth-order valence-corrected chi connectivity index (χ4v) is 4.83. The maximum atomic E-state index is 12.7. The van der Waals surface area contributed by atoms with E-state index in [9.17, 15) is 16.8 Å². The van der Waals surface area contributed by atoms with Gasteiger partial charge in [0.2, 0.25) is 0 Å². The standard InChI is InChI=1S/C20H21N3O4S2/c1-4-28(24,25)20-12-10-18(21-22-20)16-6-8-17(9-7-16)23-29(26,27)19-11-5-14(2)13-15(19)3/h5-13,23H,4H2,1-3H3. The van der Waals surface area contributed by atoms with Crippen LogP contribution in [0.4, 0.5) is 5.69 Å². The Bertz CT molecular complexity index is 1240. The van der Waals surface area contributed by atoms with Crippen LogP contribution in [0.25, 0.3) is 11.3 Å². The third-order valence-corrected chi connectivity index (χ3v) is 7.55. The SMILES string of the molecule is CCS(=O)(=O)c1ccc(-c2ccc(NS(=O)(=O)c3ccc(C)cc3C)cc2)nn1. The van der Waals surface area contributed by atoms with Crippen molar-refractivity contribution in [1.29, 1.82) is 0 Å². The van der Waals surface area contributed by atoms with Crippen molar-refractivity contribution in [3.8, 4) is 11.3 Å². The Morgan fingerprint density at radius 3 is 2.10 bits per heavy atom. The molecule has 0 aliphatic rings. The molecule has 0 spiro atoms. The second-order valence-electron chi connectivity index (χ2n) is 6.61. The smallest absolute Gasteiger partial charge is 0.262 e. The fourth-order valence-electron chi connectivity index (χ4n) is 2.81. The summed E-state index contributed by atoms with van der Waals surface area (Å²) in [6.07, 6.45) is 0. The van der Waals surface area contributed by atoms with Gasteiger partial charge in [-0.1, -0.05) is 36.8 Å². The van der Waals surface area contributed by atoms with E-state index in [-0.39, 0.29) is 15.7 Å². The zero-order chi connectivity index (χ0) is 21.2. The molecular weight excluding hydrogens is 410 g/mol. The van der Waals surface area contributed by atoms with E-state index in [2.05, 4.69) is 14.9 Å². The van der Waals surface area contributed by atoms with Gasteiger partial charge in [0.05, 0.1) is 16.3 Å². The van der Waals surface area contributed by atoms with Gasteiger partial charge in [0.25, 0.3) is 10.0 Å². The van der Waals surface area contributed by atoms with Gasteiger partial charge in [0.15, 0.2) is 14.9 Å². The fraction of sp³-hybridized carbons (Fsp3) is 0.200. The maximum Gasteiger partial charge on any atom is 0.262 e. The molecule has 0 amide bonds. The molecule has 1 aromatic heterocycles. The predicted molar refractivity (Wildman–Crippen MR) is 112 cm³/mol. The molecule has 0 atom stereocenters. The number of rotatable bonds is 6. The largest absolute Gasteiger partial charge is 0.280 e. The maximum absolute atomic E-state index is 12.7. The molecule has 0 radical (unpaired) electrons. The molecule has 3 aromatic rings. The van der Waals surface area contributed by atoms with Gasteiger partial charge in [0, 0.05) is 11.3 Å². The van der Waals surface area contributed by atoms with Gasteiger partial charge in [-0.05, 0) is 49.7 Å². The van der Waals surface area contributed by atoms with E-state index >= 15 is 0 Å². The summed E-state index contributed by atoms with van der Waals surface area (Å²) in [7, 11) is -7.12. The summed E-state index contributed by atoms with van der Waals surface area (Å²) in [5.41, 5.74) is 3.25. The normalized spacial score (nSPS) is 12.0. The van der Waals surface area contributed by atoms with E-state index in [0.29, 0.717) is 22.5 Å². The molecule has 0 bridgehead atoms. The summed E-state index contributed by atoms with van der Waals surface area (Å²) >= 11 is 0. The van der Waals surface area contributed by atoms with Gasteiger partial charge in [0.1, 0.15) is 0 Å². The van der Waals surface area contributed by atoms with Gasteiger partial charge < -0.3 is 0 Å². The van der Waals surface area contributed by atoms with Crippen molar-refractivity contribution < 1.29 is 16.8 Å². The summed E-state index contributed by atoms with van der Waals surface area (Å²) in [6, 6.07) is 14.8. The van der Waals surface area contributed by atoms with Gasteiger partial charge in [-0.2, -0.15) is 0 Å². The van der Waals surface area contributed by atoms with Crippen LogP contribution in [0.2, 0.25) is 0 Å². The van der Waals surface area contributed by atoms with Crippen LogP contribution >= 0.6 is 0 Å². The number of sulfone groups is 1. The van der Waals surface area contributed by atoms with Crippen LogP contribution in [0.5, 0.6) is 0 Å². The number of hydrogen-bond acceptors (Lipinski definition) is 6. The van der Waals surface area contributed by atoms with Crippen LogP contribution in [0.3, 0.4) is 0 Å². The second kappa shape index (κ2) is 7.92. The molecule has 0 fully saturated rings. The van der Waals surface area contributed by atoms with Gasteiger partial charge in [-0.25, -0.2) is 16.8 Å². The number of aromatic nitrogens is 2. The minimum Gasteiger partial charge on any atom is -0.280 e. The molecule has 1 heterocycles. The molecule has 3 rings (SSSR count). The summed E-state index contributed by atoms with van der Waals surface area (Å²) in [6.45, 7) is 5.21. The van der Waals surface area contributed by atoms with Crippen molar-refractivity contribution in [2.24, 2.45) is 0 Å². The Morgan fingerprint density at radius 2 is 1.55 bits per heavy atom. The Hall–Kier alpha value is -2.78. The highest BCUT2D eigenvalue weighted by atomic mass is 32.2. The minimum absolute atomic E-state index is 0.0453. The third kappa shape index (κ3) is 4.63. The Kier molecular flexibility index (Phi) is 5.72. The van der Waals surface area contributed by atoms with Gasteiger partial charge in [-0.3, -0.25) is 4.72 Å². The molecule has 1 N–H and O–H groups in total. The van der Waals surface area contributed by atoms with E-state index in [1.807, 2.05) is 13.0 Å². The average Bonchev–Trinajstić information content (AvgIpc) is 2.68. The number of benzene rings is 2. The Balaban J connectivity index is 1.81.